The molecule has 1 aliphatic rings. The van der Waals surface area contributed by atoms with Crippen molar-refractivity contribution in [3.63, 3.8) is 0 Å². The van der Waals surface area contributed by atoms with Gasteiger partial charge in [-0.1, -0.05) is 0 Å². The quantitative estimate of drug-likeness (QED) is 0.792. The van der Waals surface area contributed by atoms with Gasteiger partial charge in [-0.2, -0.15) is 5.10 Å². The van der Waals surface area contributed by atoms with Gasteiger partial charge >= 0.3 is 5.97 Å². The first kappa shape index (κ1) is 9.92. The Morgan fingerprint density at radius 1 is 1.62 bits per heavy atom. The SMILES string of the molecule is COC(=O)c1[nH]nc2c1CSc1sccc1-2. The third kappa shape index (κ3) is 1.30. The largest absolute Gasteiger partial charge is 0.464 e. The molecular formula is C10H8N2O2S2. The molecule has 0 saturated carbocycles. The lowest BCUT2D eigenvalue weighted by Gasteiger charge is -2.10. The van der Waals surface area contributed by atoms with Crippen LogP contribution in [-0.4, -0.2) is 23.3 Å². The summed E-state index contributed by atoms with van der Waals surface area (Å²) in [6, 6.07) is 2.03. The number of aromatic amines is 1. The van der Waals surface area contributed by atoms with Crippen LogP contribution in [-0.2, 0) is 10.5 Å². The summed E-state index contributed by atoms with van der Waals surface area (Å²) < 4.78 is 5.97. The van der Waals surface area contributed by atoms with E-state index >= 15 is 0 Å². The van der Waals surface area contributed by atoms with Crippen molar-refractivity contribution in [1.82, 2.24) is 10.2 Å². The van der Waals surface area contributed by atoms with Crippen LogP contribution in [0.5, 0.6) is 0 Å². The zero-order chi connectivity index (χ0) is 11.1. The summed E-state index contributed by atoms with van der Waals surface area (Å²) >= 11 is 3.44. The predicted molar refractivity (Wildman–Crippen MR) is 62.8 cm³/mol. The van der Waals surface area contributed by atoms with Crippen LogP contribution in [0.25, 0.3) is 11.3 Å². The summed E-state index contributed by atoms with van der Waals surface area (Å²) in [6.45, 7) is 0. The van der Waals surface area contributed by atoms with Crippen LogP contribution in [0.1, 0.15) is 16.1 Å². The van der Waals surface area contributed by atoms with Crippen LogP contribution in [0.3, 0.4) is 0 Å². The van der Waals surface area contributed by atoms with Crippen LogP contribution in [0.15, 0.2) is 15.7 Å². The molecule has 82 valence electrons. The minimum absolute atomic E-state index is 0.354. The first-order valence-electron chi connectivity index (χ1n) is 4.67. The first-order chi connectivity index (χ1) is 7.81. The average Bonchev–Trinajstić information content (AvgIpc) is 2.92. The van der Waals surface area contributed by atoms with Gasteiger partial charge in [0.1, 0.15) is 5.69 Å². The molecule has 2 aromatic heterocycles. The molecule has 0 bridgehead atoms. The minimum atomic E-state index is -0.354. The van der Waals surface area contributed by atoms with E-state index in [1.807, 2.05) is 11.4 Å². The van der Waals surface area contributed by atoms with Gasteiger partial charge in [-0.25, -0.2) is 4.79 Å². The molecule has 16 heavy (non-hydrogen) atoms. The molecule has 1 N–H and O–H groups in total. The number of thioether (sulfide) groups is 1. The zero-order valence-electron chi connectivity index (χ0n) is 8.44. The van der Waals surface area contributed by atoms with Gasteiger partial charge in [-0.05, 0) is 11.4 Å². The number of fused-ring (bicyclic) bond motifs is 3. The van der Waals surface area contributed by atoms with E-state index in [0.717, 1.165) is 22.6 Å². The highest BCUT2D eigenvalue weighted by Crippen LogP contribution is 2.44. The lowest BCUT2D eigenvalue weighted by Crippen LogP contribution is -2.05. The first-order valence-corrected chi connectivity index (χ1v) is 6.54. The Labute approximate surface area is 100 Å². The molecule has 0 aromatic carbocycles. The molecule has 3 heterocycles. The maximum Gasteiger partial charge on any atom is 0.356 e. The number of hydrogen-bond donors (Lipinski definition) is 1. The molecule has 0 spiro atoms. The Balaban J connectivity index is 2.15. The Morgan fingerprint density at radius 2 is 2.50 bits per heavy atom. The van der Waals surface area contributed by atoms with Gasteiger partial charge < -0.3 is 4.74 Å². The molecule has 0 aliphatic carbocycles. The summed E-state index contributed by atoms with van der Waals surface area (Å²) in [6.07, 6.45) is 0. The molecule has 4 nitrogen and oxygen atoms in total. The highest BCUT2D eigenvalue weighted by molar-refractivity contribution is 8.00. The number of aromatic nitrogens is 2. The summed E-state index contributed by atoms with van der Waals surface area (Å²) in [5.41, 5.74) is 3.42. The summed E-state index contributed by atoms with van der Waals surface area (Å²) in [4.78, 5) is 11.5. The number of carbonyl (C=O) groups excluding carboxylic acids is 1. The van der Waals surface area contributed by atoms with Crippen molar-refractivity contribution in [2.75, 3.05) is 7.11 Å². The predicted octanol–water partition coefficient (Wildman–Crippen LogP) is 2.53. The van der Waals surface area contributed by atoms with E-state index in [4.69, 9.17) is 4.74 Å². The number of esters is 1. The van der Waals surface area contributed by atoms with Crippen LogP contribution in [0.4, 0.5) is 0 Å². The maximum atomic E-state index is 11.5. The van der Waals surface area contributed by atoms with Gasteiger partial charge in [0.05, 0.1) is 17.0 Å². The molecule has 3 rings (SSSR count). The number of ether oxygens (including phenoxy) is 1. The molecular weight excluding hydrogens is 244 g/mol. The normalized spacial score (nSPS) is 13.1. The summed E-state index contributed by atoms with van der Waals surface area (Å²) in [5.74, 6) is 0.414. The third-order valence-electron chi connectivity index (χ3n) is 2.49. The second-order valence-corrected chi connectivity index (χ2v) is 5.49. The van der Waals surface area contributed by atoms with Crippen molar-refractivity contribution in [2.24, 2.45) is 0 Å². The van der Waals surface area contributed by atoms with Crippen molar-refractivity contribution in [2.45, 2.75) is 9.96 Å². The Morgan fingerprint density at radius 3 is 3.31 bits per heavy atom. The van der Waals surface area contributed by atoms with Crippen LogP contribution in [0.2, 0.25) is 0 Å². The molecule has 2 aromatic rings. The monoisotopic (exact) mass is 252 g/mol. The number of nitrogens with zero attached hydrogens (tertiary/aromatic N) is 1. The number of thiophene rings is 1. The second kappa shape index (κ2) is 3.64. The third-order valence-corrected chi connectivity index (χ3v) is 4.75. The van der Waals surface area contributed by atoms with Gasteiger partial charge in [0, 0.05) is 16.9 Å². The molecule has 0 saturated heterocycles. The van der Waals surface area contributed by atoms with Gasteiger partial charge in [0.25, 0.3) is 0 Å². The number of nitrogens with one attached hydrogen (secondary N) is 1. The van der Waals surface area contributed by atoms with E-state index in [0.29, 0.717) is 5.69 Å². The smallest absolute Gasteiger partial charge is 0.356 e. The van der Waals surface area contributed by atoms with E-state index in [1.54, 1.807) is 23.1 Å². The number of hydrogen-bond acceptors (Lipinski definition) is 5. The van der Waals surface area contributed by atoms with Crippen molar-refractivity contribution in [3.8, 4) is 11.3 Å². The lowest BCUT2D eigenvalue weighted by molar-refractivity contribution is 0.0593. The van der Waals surface area contributed by atoms with E-state index < -0.39 is 0 Å². The van der Waals surface area contributed by atoms with E-state index in [2.05, 4.69) is 10.2 Å². The highest BCUT2D eigenvalue weighted by atomic mass is 32.2. The van der Waals surface area contributed by atoms with Crippen molar-refractivity contribution >= 4 is 29.1 Å². The fraction of sp³-hybridized carbons (Fsp3) is 0.200. The topological polar surface area (TPSA) is 55.0 Å². The van der Waals surface area contributed by atoms with Crippen LogP contribution < -0.4 is 0 Å². The molecule has 0 atom stereocenters. The van der Waals surface area contributed by atoms with E-state index in [1.165, 1.54) is 11.3 Å². The molecule has 0 fully saturated rings. The van der Waals surface area contributed by atoms with Crippen LogP contribution in [0, 0.1) is 0 Å². The fourth-order valence-corrected chi connectivity index (χ4v) is 3.83. The van der Waals surface area contributed by atoms with E-state index in [-0.39, 0.29) is 5.97 Å². The second-order valence-electron chi connectivity index (χ2n) is 3.33. The zero-order valence-corrected chi connectivity index (χ0v) is 10.1. The standard InChI is InChI=1S/C10H8N2O2S2/c1-14-9(13)8-6-4-16-10-5(2-3-15-10)7(6)11-12-8/h2-3H,4H2,1H3,(H,11,12). The lowest BCUT2D eigenvalue weighted by atomic mass is 10.1. The number of methoxy groups -OCH3 is 1. The molecule has 1 aliphatic heterocycles. The minimum Gasteiger partial charge on any atom is -0.464 e. The van der Waals surface area contributed by atoms with E-state index in [9.17, 15) is 4.79 Å². The summed E-state index contributed by atoms with van der Waals surface area (Å²) in [5, 5.41) is 9.01. The van der Waals surface area contributed by atoms with Crippen molar-refractivity contribution < 1.29 is 9.53 Å². The Bertz CT molecular complexity index is 559. The number of H-pyrrole nitrogens is 1. The fourth-order valence-electron chi connectivity index (χ4n) is 1.72. The van der Waals surface area contributed by atoms with Crippen LogP contribution >= 0.6 is 23.1 Å². The highest BCUT2D eigenvalue weighted by Gasteiger charge is 2.26. The Hall–Kier alpha value is -1.27. The Kier molecular flexibility index (Phi) is 2.26. The summed E-state index contributed by atoms with van der Waals surface area (Å²) in [7, 11) is 1.38. The molecule has 0 amide bonds. The van der Waals surface area contributed by atoms with Crippen molar-refractivity contribution in [3.05, 3.63) is 22.7 Å². The van der Waals surface area contributed by atoms with Gasteiger partial charge in [-0.15, -0.1) is 23.1 Å². The van der Waals surface area contributed by atoms with Crippen molar-refractivity contribution in [1.29, 1.82) is 0 Å². The molecule has 0 radical (unpaired) electrons. The van der Waals surface area contributed by atoms with Gasteiger partial charge in [-0.3, -0.25) is 5.10 Å². The number of carbonyl (C=O) groups is 1. The van der Waals surface area contributed by atoms with Gasteiger partial charge in [0.15, 0.2) is 0 Å². The number of rotatable bonds is 1. The maximum absolute atomic E-state index is 11.5. The average molecular weight is 252 g/mol. The molecule has 0 unspecified atom stereocenters. The molecule has 6 heteroatoms. The van der Waals surface area contributed by atoms with Gasteiger partial charge in [0.2, 0.25) is 0 Å².